The number of hydrogen-bond donors (Lipinski definition) is 0. The lowest BCUT2D eigenvalue weighted by atomic mass is 9.90. The summed E-state index contributed by atoms with van der Waals surface area (Å²) in [6, 6.07) is 26.5. The lowest BCUT2D eigenvalue weighted by molar-refractivity contribution is 0.789. The zero-order valence-corrected chi connectivity index (χ0v) is 15.2. The second-order valence-corrected chi connectivity index (χ2v) is 7.44. The molecule has 4 aromatic rings. The van der Waals surface area contributed by atoms with Gasteiger partial charge in [0.2, 0.25) is 0 Å². The van der Waals surface area contributed by atoms with E-state index in [4.69, 9.17) is 0 Å². The van der Waals surface area contributed by atoms with Crippen molar-refractivity contribution in [3.8, 4) is 11.1 Å². The molecule has 0 aliphatic heterocycles. The Kier molecular flexibility index (Phi) is 3.46. The fraction of sp³-hybridized carbons (Fsp3) is 0.115. The summed E-state index contributed by atoms with van der Waals surface area (Å²) in [4.78, 5) is 0. The van der Waals surface area contributed by atoms with E-state index in [1.165, 1.54) is 49.4 Å². The van der Waals surface area contributed by atoms with E-state index in [0.717, 1.165) is 0 Å². The van der Waals surface area contributed by atoms with Crippen LogP contribution in [0.25, 0.3) is 38.7 Å². The molecule has 26 heavy (non-hydrogen) atoms. The summed E-state index contributed by atoms with van der Waals surface area (Å²) in [5.74, 6) is 0.545. The van der Waals surface area contributed by atoms with E-state index >= 15 is 0 Å². The first kappa shape index (κ1) is 15.4. The number of fused-ring (bicyclic) bond motifs is 4. The topological polar surface area (TPSA) is 0 Å². The van der Waals surface area contributed by atoms with E-state index in [1.54, 1.807) is 0 Å². The van der Waals surface area contributed by atoms with Gasteiger partial charge in [0.1, 0.15) is 0 Å². The molecule has 125 valence electrons. The molecule has 0 amide bonds. The lowest BCUT2D eigenvalue weighted by Crippen LogP contribution is -1.91. The van der Waals surface area contributed by atoms with Gasteiger partial charge in [-0.15, -0.1) is 0 Å². The van der Waals surface area contributed by atoms with Crippen molar-refractivity contribution in [3.63, 3.8) is 0 Å². The highest BCUT2D eigenvalue weighted by atomic mass is 14.2. The number of benzene rings is 4. The largest absolute Gasteiger partial charge is 0.0616 e. The van der Waals surface area contributed by atoms with E-state index < -0.39 is 0 Å². The van der Waals surface area contributed by atoms with Gasteiger partial charge in [0.05, 0.1) is 0 Å². The van der Waals surface area contributed by atoms with Crippen molar-refractivity contribution in [2.24, 2.45) is 5.92 Å². The number of rotatable bonds is 2. The van der Waals surface area contributed by atoms with Gasteiger partial charge in [-0.3, -0.25) is 0 Å². The fourth-order valence-electron chi connectivity index (χ4n) is 4.10. The minimum Gasteiger partial charge on any atom is -0.0616 e. The van der Waals surface area contributed by atoms with Gasteiger partial charge in [0.25, 0.3) is 0 Å². The van der Waals surface area contributed by atoms with Gasteiger partial charge in [-0.1, -0.05) is 92.2 Å². The maximum absolute atomic E-state index is 2.37. The van der Waals surface area contributed by atoms with Gasteiger partial charge in [-0.05, 0) is 55.8 Å². The normalized spacial score (nSPS) is 13.4. The Morgan fingerprint density at radius 1 is 0.654 bits per heavy atom. The molecule has 0 nitrogen and oxygen atoms in total. The van der Waals surface area contributed by atoms with Crippen LogP contribution in [0.4, 0.5) is 0 Å². The van der Waals surface area contributed by atoms with Crippen LogP contribution >= 0.6 is 0 Å². The van der Waals surface area contributed by atoms with Crippen LogP contribution in [0, 0.1) is 12.3 Å². The fourth-order valence-corrected chi connectivity index (χ4v) is 4.10. The molecule has 0 fully saturated rings. The smallest absolute Gasteiger partial charge is 0.0167 e. The molecule has 0 saturated heterocycles. The molecule has 1 aliphatic carbocycles. The number of allylic oxidation sites excluding steroid dienone is 1. The maximum atomic E-state index is 2.37. The molecule has 0 bridgehead atoms. The SMILES string of the molecule is CC(C)C1=Cc2c(cccc2-c2cc3ccccc3c3ccccc23)[CH]1. The summed E-state index contributed by atoms with van der Waals surface area (Å²) in [5.41, 5.74) is 6.76. The molecule has 0 saturated carbocycles. The first-order valence-electron chi connectivity index (χ1n) is 9.32. The summed E-state index contributed by atoms with van der Waals surface area (Å²) in [6.45, 7) is 4.53. The lowest BCUT2D eigenvalue weighted by Gasteiger charge is -2.13. The van der Waals surface area contributed by atoms with Crippen LogP contribution in [-0.2, 0) is 0 Å². The molecule has 0 spiro atoms. The number of hydrogen-bond acceptors (Lipinski definition) is 0. The van der Waals surface area contributed by atoms with Crippen molar-refractivity contribution in [1.29, 1.82) is 0 Å². The maximum Gasteiger partial charge on any atom is 0.0167 e. The minimum atomic E-state index is 0.545. The van der Waals surface area contributed by atoms with E-state index in [2.05, 4.69) is 99.1 Å². The Balaban J connectivity index is 1.85. The quantitative estimate of drug-likeness (QED) is 0.338. The average Bonchev–Trinajstić information content (AvgIpc) is 3.12. The monoisotopic (exact) mass is 333 g/mol. The van der Waals surface area contributed by atoms with Crippen molar-refractivity contribution in [2.45, 2.75) is 13.8 Å². The Morgan fingerprint density at radius 2 is 1.38 bits per heavy atom. The van der Waals surface area contributed by atoms with Crippen molar-refractivity contribution < 1.29 is 0 Å². The Bertz CT molecular complexity index is 1180. The van der Waals surface area contributed by atoms with Crippen LogP contribution in [0.15, 0.2) is 78.4 Å². The van der Waals surface area contributed by atoms with Gasteiger partial charge in [0, 0.05) is 6.42 Å². The Hall–Kier alpha value is -2.86. The van der Waals surface area contributed by atoms with Crippen LogP contribution < -0.4 is 0 Å². The van der Waals surface area contributed by atoms with Crippen LogP contribution in [-0.4, -0.2) is 0 Å². The highest BCUT2D eigenvalue weighted by molar-refractivity contribution is 6.14. The predicted molar refractivity (Wildman–Crippen MR) is 113 cm³/mol. The van der Waals surface area contributed by atoms with Crippen LogP contribution in [0.2, 0.25) is 0 Å². The molecule has 0 heteroatoms. The van der Waals surface area contributed by atoms with Crippen LogP contribution in [0.3, 0.4) is 0 Å². The molecule has 1 radical (unpaired) electrons. The third-order valence-electron chi connectivity index (χ3n) is 5.50. The van der Waals surface area contributed by atoms with Gasteiger partial charge < -0.3 is 0 Å². The zero-order valence-electron chi connectivity index (χ0n) is 15.2. The highest BCUT2D eigenvalue weighted by Gasteiger charge is 2.20. The second kappa shape index (κ2) is 5.85. The highest BCUT2D eigenvalue weighted by Crippen LogP contribution is 2.41. The molecule has 4 aromatic carbocycles. The van der Waals surface area contributed by atoms with Crippen LogP contribution in [0.5, 0.6) is 0 Å². The van der Waals surface area contributed by atoms with Crippen molar-refractivity contribution in [2.75, 3.05) is 0 Å². The third kappa shape index (κ3) is 2.29. The Morgan fingerprint density at radius 3 is 2.19 bits per heavy atom. The summed E-state index contributed by atoms with van der Waals surface area (Å²) in [7, 11) is 0. The van der Waals surface area contributed by atoms with Gasteiger partial charge in [0.15, 0.2) is 0 Å². The summed E-state index contributed by atoms with van der Waals surface area (Å²) >= 11 is 0. The molecule has 0 heterocycles. The summed E-state index contributed by atoms with van der Waals surface area (Å²) < 4.78 is 0. The van der Waals surface area contributed by atoms with Gasteiger partial charge in [-0.25, -0.2) is 0 Å². The van der Waals surface area contributed by atoms with Crippen molar-refractivity contribution in [1.82, 2.24) is 0 Å². The van der Waals surface area contributed by atoms with E-state index in [9.17, 15) is 0 Å². The summed E-state index contributed by atoms with van der Waals surface area (Å²) in [6.07, 6.45) is 4.71. The molecule has 0 aromatic heterocycles. The zero-order chi connectivity index (χ0) is 17.7. The predicted octanol–water partition coefficient (Wildman–Crippen LogP) is 7.27. The molecule has 5 rings (SSSR count). The molecular weight excluding hydrogens is 312 g/mol. The Labute approximate surface area is 154 Å². The first-order valence-corrected chi connectivity index (χ1v) is 9.32. The summed E-state index contributed by atoms with van der Waals surface area (Å²) in [5, 5.41) is 5.28. The van der Waals surface area contributed by atoms with Crippen molar-refractivity contribution >= 4 is 27.6 Å². The van der Waals surface area contributed by atoms with Crippen LogP contribution in [0.1, 0.15) is 25.0 Å². The van der Waals surface area contributed by atoms with E-state index in [-0.39, 0.29) is 0 Å². The first-order chi connectivity index (χ1) is 12.7. The molecular formula is C26H21. The molecule has 0 N–H and O–H groups in total. The van der Waals surface area contributed by atoms with Gasteiger partial charge >= 0.3 is 0 Å². The second-order valence-electron chi connectivity index (χ2n) is 7.44. The molecule has 0 atom stereocenters. The van der Waals surface area contributed by atoms with E-state index in [1.807, 2.05) is 0 Å². The molecule has 0 unspecified atom stereocenters. The average molecular weight is 333 g/mol. The standard InChI is InChI=1S/C26H21/c1-17(2)20-14-18-9-7-13-24(25(18)16-20)26-15-19-8-3-4-10-21(19)22-11-5-6-12-23(22)26/h3-17H,1-2H3. The molecule has 1 aliphatic rings. The van der Waals surface area contributed by atoms with Crippen molar-refractivity contribution in [3.05, 3.63) is 95.9 Å². The third-order valence-corrected chi connectivity index (χ3v) is 5.50. The van der Waals surface area contributed by atoms with Gasteiger partial charge in [-0.2, -0.15) is 0 Å². The minimum absolute atomic E-state index is 0.545. The van der Waals surface area contributed by atoms with E-state index in [0.29, 0.717) is 5.92 Å².